The summed E-state index contributed by atoms with van der Waals surface area (Å²) in [7, 11) is 0. The molecule has 0 spiro atoms. The number of rotatable bonds is 4. The van der Waals surface area contributed by atoms with Gasteiger partial charge in [-0.15, -0.1) is 37.2 Å². The summed E-state index contributed by atoms with van der Waals surface area (Å²) in [6.07, 6.45) is 6.00. The molecule has 1 unspecified atom stereocenters. The third-order valence-electron chi connectivity index (χ3n) is 4.42. The quantitative estimate of drug-likeness (QED) is 0.817. The molecule has 2 fully saturated rings. The zero-order valence-corrected chi connectivity index (χ0v) is 16.1. The number of piperidine rings is 1. The molecule has 1 aromatic rings. The van der Waals surface area contributed by atoms with Gasteiger partial charge in [0.2, 0.25) is 5.91 Å². The summed E-state index contributed by atoms with van der Waals surface area (Å²) in [5, 5.41) is 6.46. The van der Waals surface area contributed by atoms with Crippen LogP contribution < -0.4 is 10.6 Å². The summed E-state index contributed by atoms with van der Waals surface area (Å²) in [4.78, 5) is 18.9. The van der Waals surface area contributed by atoms with Crippen molar-refractivity contribution in [2.24, 2.45) is 0 Å². The van der Waals surface area contributed by atoms with Gasteiger partial charge in [0.15, 0.2) is 0 Å². The van der Waals surface area contributed by atoms with Crippen molar-refractivity contribution in [1.82, 2.24) is 20.5 Å². The number of hydrogen-bond donors (Lipinski definition) is 2. The van der Waals surface area contributed by atoms with Crippen molar-refractivity contribution in [2.45, 2.75) is 44.3 Å². The maximum absolute atomic E-state index is 12.1. The fourth-order valence-corrected chi connectivity index (χ4v) is 3.17. The molecule has 2 aliphatic heterocycles. The second-order valence-corrected chi connectivity index (χ2v) is 6.03. The Hall–Kier alpha value is -0.590. The topological polar surface area (TPSA) is 57.3 Å². The average Bonchev–Trinajstić information content (AvgIpc) is 3.05. The second-order valence-electron chi connectivity index (χ2n) is 6.03. The second kappa shape index (κ2) is 11.9. The first-order valence-corrected chi connectivity index (χ1v) is 7.97. The first-order valence-electron chi connectivity index (χ1n) is 7.97. The number of pyridine rings is 1. The molecule has 0 saturated carbocycles. The first-order chi connectivity index (χ1) is 10.3. The minimum atomic E-state index is 0. The van der Waals surface area contributed by atoms with Gasteiger partial charge in [-0.3, -0.25) is 14.7 Å². The van der Waals surface area contributed by atoms with Crippen LogP contribution in [0.2, 0.25) is 0 Å². The lowest BCUT2D eigenvalue weighted by Gasteiger charge is -2.32. The van der Waals surface area contributed by atoms with E-state index in [1.54, 1.807) is 0 Å². The molecule has 1 amide bonds. The largest absolute Gasteiger partial charge is 0.352 e. The van der Waals surface area contributed by atoms with Gasteiger partial charge in [-0.25, -0.2) is 0 Å². The van der Waals surface area contributed by atoms with E-state index in [0.717, 1.165) is 57.6 Å². The maximum atomic E-state index is 12.1. The van der Waals surface area contributed by atoms with Gasteiger partial charge in [0.1, 0.15) is 0 Å². The number of nitrogens with one attached hydrogen (secondary N) is 2. The van der Waals surface area contributed by atoms with Gasteiger partial charge < -0.3 is 10.6 Å². The minimum Gasteiger partial charge on any atom is -0.352 e. The van der Waals surface area contributed by atoms with Crippen molar-refractivity contribution in [3.63, 3.8) is 0 Å². The summed E-state index contributed by atoms with van der Waals surface area (Å²) in [5.41, 5.74) is 1.12. The monoisotopic (exact) mass is 396 g/mol. The lowest BCUT2D eigenvalue weighted by molar-refractivity contribution is -0.123. The highest BCUT2D eigenvalue weighted by Crippen LogP contribution is 2.14. The van der Waals surface area contributed by atoms with E-state index in [9.17, 15) is 4.79 Å². The van der Waals surface area contributed by atoms with Gasteiger partial charge in [0.05, 0.1) is 11.7 Å². The van der Waals surface area contributed by atoms with Crippen LogP contribution in [-0.4, -0.2) is 47.5 Å². The molecule has 1 aromatic heterocycles. The van der Waals surface area contributed by atoms with Crippen LogP contribution in [0, 0.1) is 0 Å². The van der Waals surface area contributed by atoms with E-state index >= 15 is 0 Å². The van der Waals surface area contributed by atoms with E-state index < -0.39 is 0 Å². The Morgan fingerprint density at radius 3 is 2.54 bits per heavy atom. The molecule has 24 heavy (non-hydrogen) atoms. The number of amides is 1. The number of aromatic nitrogens is 1. The van der Waals surface area contributed by atoms with Crippen LogP contribution in [0.5, 0.6) is 0 Å². The van der Waals surface area contributed by atoms with Gasteiger partial charge in [-0.05, 0) is 44.4 Å². The highest BCUT2D eigenvalue weighted by molar-refractivity contribution is 5.86. The van der Waals surface area contributed by atoms with Gasteiger partial charge in [0.25, 0.3) is 0 Å². The molecule has 0 aliphatic carbocycles. The number of hydrogen-bond acceptors (Lipinski definition) is 4. The molecule has 0 aromatic carbocycles. The lowest BCUT2D eigenvalue weighted by atomic mass is 10.0. The summed E-state index contributed by atoms with van der Waals surface area (Å²) < 4.78 is 0. The van der Waals surface area contributed by atoms with E-state index in [-0.39, 0.29) is 49.2 Å². The van der Waals surface area contributed by atoms with E-state index in [0.29, 0.717) is 6.04 Å². The Kier molecular flexibility index (Phi) is 11.6. The molecule has 2 N–H and O–H groups in total. The van der Waals surface area contributed by atoms with E-state index in [2.05, 4.69) is 26.6 Å². The molecule has 2 saturated heterocycles. The van der Waals surface area contributed by atoms with Crippen LogP contribution in [0.15, 0.2) is 24.4 Å². The number of carbonyl (C=O) groups excluding carboxylic acids is 1. The van der Waals surface area contributed by atoms with Crippen molar-refractivity contribution in [2.75, 3.05) is 19.6 Å². The van der Waals surface area contributed by atoms with Gasteiger partial charge in [0, 0.05) is 31.9 Å². The third kappa shape index (κ3) is 6.73. The van der Waals surface area contributed by atoms with E-state index in [1.807, 2.05) is 18.3 Å². The van der Waals surface area contributed by atoms with Crippen molar-refractivity contribution in [3.05, 3.63) is 30.1 Å². The molecule has 8 heteroatoms. The average molecular weight is 398 g/mol. The lowest BCUT2D eigenvalue weighted by Crippen LogP contribution is -2.49. The Labute approximate surface area is 162 Å². The summed E-state index contributed by atoms with van der Waals surface area (Å²) in [6.45, 7) is 3.94. The van der Waals surface area contributed by atoms with Crippen LogP contribution in [0.25, 0.3) is 0 Å². The number of halogens is 3. The zero-order chi connectivity index (χ0) is 14.5. The molecular formula is C16H27Cl3N4O. The van der Waals surface area contributed by atoms with Crippen LogP contribution in [-0.2, 0) is 11.3 Å². The van der Waals surface area contributed by atoms with Crippen molar-refractivity contribution in [1.29, 1.82) is 0 Å². The zero-order valence-electron chi connectivity index (χ0n) is 13.6. The summed E-state index contributed by atoms with van der Waals surface area (Å²) in [6, 6.07) is 6.42. The predicted molar refractivity (Wildman–Crippen MR) is 103 cm³/mol. The molecule has 0 bridgehead atoms. The Morgan fingerprint density at radius 2 is 1.96 bits per heavy atom. The fraction of sp³-hybridized carbons (Fsp3) is 0.625. The van der Waals surface area contributed by atoms with E-state index in [4.69, 9.17) is 0 Å². The molecule has 1 atom stereocenters. The highest BCUT2D eigenvalue weighted by atomic mass is 35.5. The van der Waals surface area contributed by atoms with Crippen molar-refractivity contribution in [3.8, 4) is 0 Å². The molecule has 3 rings (SSSR count). The summed E-state index contributed by atoms with van der Waals surface area (Å²) >= 11 is 0. The normalized spacial score (nSPS) is 21.1. The van der Waals surface area contributed by atoms with Crippen LogP contribution in [0.4, 0.5) is 0 Å². The molecular weight excluding hydrogens is 371 g/mol. The Balaban J connectivity index is 0.00000176. The van der Waals surface area contributed by atoms with E-state index in [1.165, 1.54) is 0 Å². The molecule has 2 aliphatic rings. The number of likely N-dealkylation sites (tertiary alicyclic amines) is 1. The van der Waals surface area contributed by atoms with Gasteiger partial charge in [-0.2, -0.15) is 0 Å². The molecule has 5 nitrogen and oxygen atoms in total. The highest BCUT2D eigenvalue weighted by Gasteiger charge is 2.26. The standard InChI is InChI=1S/C16H24N4O.3ClH/c21-16(15-5-3-9-18-15)19-13-6-10-20(11-7-13)12-14-4-1-2-8-17-14;;;/h1-2,4,8,13,15,18H,3,5-7,9-12H2,(H,19,21);3*1H. The smallest absolute Gasteiger partial charge is 0.237 e. The molecule has 0 radical (unpaired) electrons. The maximum Gasteiger partial charge on any atom is 0.237 e. The minimum absolute atomic E-state index is 0. The Bertz CT molecular complexity index is 464. The number of nitrogens with zero attached hydrogens (tertiary/aromatic N) is 2. The van der Waals surface area contributed by atoms with Crippen LogP contribution in [0.1, 0.15) is 31.4 Å². The fourth-order valence-electron chi connectivity index (χ4n) is 3.17. The van der Waals surface area contributed by atoms with Crippen molar-refractivity contribution < 1.29 is 4.79 Å². The first kappa shape index (κ1) is 23.4. The SMILES string of the molecule is Cl.Cl.Cl.O=C(NC1CCN(Cc2ccccn2)CC1)C1CCCN1. The molecule has 3 heterocycles. The third-order valence-corrected chi connectivity index (χ3v) is 4.42. The van der Waals surface area contributed by atoms with Crippen LogP contribution in [0.3, 0.4) is 0 Å². The molecule has 138 valence electrons. The predicted octanol–water partition coefficient (Wildman–Crippen LogP) is 2.18. The van der Waals surface area contributed by atoms with Crippen molar-refractivity contribution >= 4 is 43.1 Å². The summed E-state index contributed by atoms with van der Waals surface area (Å²) in [5.74, 6) is 0.190. The van der Waals surface area contributed by atoms with Crippen LogP contribution >= 0.6 is 37.2 Å². The number of carbonyl (C=O) groups is 1. The van der Waals surface area contributed by atoms with Gasteiger partial charge >= 0.3 is 0 Å². The van der Waals surface area contributed by atoms with Gasteiger partial charge in [-0.1, -0.05) is 6.07 Å². The Morgan fingerprint density at radius 1 is 1.21 bits per heavy atom.